The normalized spacial score (nSPS) is 35.4. The highest BCUT2D eigenvalue weighted by Crippen LogP contribution is 2.32. The molecule has 3 saturated heterocycles. The van der Waals surface area contributed by atoms with E-state index >= 15 is 0 Å². The molecule has 1 spiro atoms. The molecule has 3 aliphatic heterocycles. The van der Waals surface area contributed by atoms with Crippen LogP contribution in [0.3, 0.4) is 0 Å². The fraction of sp³-hybridized carbons (Fsp3) is 0.917. The summed E-state index contributed by atoms with van der Waals surface area (Å²) < 4.78 is 28.6. The highest BCUT2D eigenvalue weighted by Gasteiger charge is 2.39. The zero-order chi connectivity index (χ0) is 13.3. The molecule has 0 aromatic carbocycles. The van der Waals surface area contributed by atoms with Gasteiger partial charge in [-0.1, -0.05) is 11.8 Å². The van der Waals surface area contributed by atoms with Crippen molar-refractivity contribution in [1.82, 2.24) is 5.32 Å². The molecule has 3 rings (SSSR count). The van der Waals surface area contributed by atoms with Gasteiger partial charge in [0.1, 0.15) is 0 Å². The van der Waals surface area contributed by atoms with E-state index in [2.05, 4.69) is 10.3 Å². The Bertz CT molecular complexity index is 469. The van der Waals surface area contributed by atoms with Gasteiger partial charge in [0, 0.05) is 19.0 Å². The molecule has 19 heavy (non-hydrogen) atoms. The molecule has 1 unspecified atom stereocenters. The van der Waals surface area contributed by atoms with Crippen LogP contribution in [0.2, 0.25) is 0 Å². The van der Waals surface area contributed by atoms with Gasteiger partial charge < -0.3 is 10.1 Å². The molecule has 0 saturated carbocycles. The molecule has 0 radical (unpaired) electrons. The maximum absolute atomic E-state index is 11.6. The molecule has 3 fully saturated rings. The van der Waals surface area contributed by atoms with E-state index in [-0.39, 0.29) is 17.3 Å². The number of ether oxygens (including phenoxy) is 1. The van der Waals surface area contributed by atoms with E-state index in [4.69, 9.17) is 4.74 Å². The van der Waals surface area contributed by atoms with Crippen molar-refractivity contribution in [3.8, 4) is 0 Å². The van der Waals surface area contributed by atoms with Crippen molar-refractivity contribution in [3.63, 3.8) is 0 Å². The quantitative estimate of drug-likeness (QED) is 0.776. The van der Waals surface area contributed by atoms with Gasteiger partial charge in [0.25, 0.3) is 0 Å². The summed E-state index contributed by atoms with van der Waals surface area (Å²) in [5.74, 6) is 1.57. The van der Waals surface area contributed by atoms with Crippen molar-refractivity contribution in [2.45, 2.75) is 37.3 Å². The van der Waals surface area contributed by atoms with Crippen LogP contribution >= 0.6 is 11.8 Å². The maximum Gasteiger partial charge on any atom is 0.157 e. The number of amidine groups is 1. The zero-order valence-electron chi connectivity index (χ0n) is 10.9. The third-order valence-electron chi connectivity index (χ3n) is 4.05. The van der Waals surface area contributed by atoms with Gasteiger partial charge in [-0.3, -0.25) is 4.99 Å². The van der Waals surface area contributed by atoms with E-state index in [9.17, 15) is 8.42 Å². The minimum Gasteiger partial charge on any atom is -0.381 e. The van der Waals surface area contributed by atoms with Crippen molar-refractivity contribution in [2.75, 3.05) is 30.5 Å². The number of hydrogen-bond acceptors (Lipinski definition) is 5. The first-order valence-electron chi connectivity index (χ1n) is 6.84. The average Bonchev–Trinajstić information content (AvgIpc) is 2.72. The second kappa shape index (κ2) is 5.26. The highest BCUT2D eigenvalue weighted by atomic mass is 32.2. The smallest absolute Gasteiger partial charge is 0.157 e. The van der Waals surface area contributed by atoms with Crippen LogP contribution in [0, 0.1) is 0 Å². The topological polar surface area (TPSA) is 67.8 Å². The molecule has 1 atom stereocenters. The summed E-state index contributed by atoms with van der Waals surface area (Å²) >= 11 is 1.73. The van der Waals surface area contributed by atoms with Crippen molar-refractivity contribution in [3.05, 3.63) is 0 Å². The van der Waals surface area contributed by atoms with Gasteiger partial charge in [-0.15, -0.1) is 0 Å². The predicted octanol–water partition coefficient (Wildman–Crippen LogP) is 0.805. The molecule has 0 aromatic heterocycles. The summed E-state index contributed by atoms with van der Waals surface area (Å²) in [6.45, 7) is 1.61. The molecule has 0 amide bonds. The van der Waals surface area contributed by atoms with Gasteiger partial charge in [0.15, 0.2) is 15.0 Å². The summed E-state index contributed by atoms with van der Waals surface area (Å²) in [5.41, 5.74) is 0.134. The lowest BCUT2D eigenvalue weighted by molar-refractivity contribution is 0.0555. The predicted molar refractivity (Wildman–Crippen MR) is 77.5 cm³/mol. The number of aliphatic imine (C=N–C) groups is 1. The SMILES string of the molecule is O=S1(=O)CCCC(N=C2NC3(CCOCC3)CS2)C1. The van der Waals surface area contributed by atoms with Crippen molar-refractivity contribution in [2.24, 2.45) is 4.99 Å². The van der Waals surface area contributed by atoms with Crippen LogP contribution in [-0.4, -0.2) is 55.6 Å². The summed E-state index contributed by atoms with van der Waals surface area (Å²) in [5, 5.41) is 4.45. The zero-order valence-corrected chi connectivity index (χ0v) is 12.6. The van der Waals surface area contributed by atoms with Crippen LogP contribution < -0.4 is 5.32 Å². The summed E-state index contributed by atoms with van der Waals surface area (Å²) in [6, 6.07) is -0.0521. The van der Waals surface area contributed by atoms with Gasteiger partial charge in [0.2, 0.25) is 0 Å². The van der Waals surface area contributed by atoms with Gasteiger partial charge >= 0.3 is 0 Å². The monoisotopic (exact) mass is 304 g/mol. The first-order chi connectivity index (χ1) is 9.07. The van der Waals surface area contributed by atoms with Crippen LogP contribution in [-0.2, 0) is 14.6 Å². The summed E-state index contributed by atoms with van der Waals surface area (Å²) in [6.07, 6.45) is 3.67. The molecular formula is C12H20N2O3S2. The van der Waals surface area contributed by atoms with Gasteiger partial charge in [-0.05, 0) is 25.7 Å². The highest BCUT2D eigenvalue weighted by molar-refractivity contribution is 8.14. The van der Waals surface area contributed by atoms with E-state index in [1.54, 1.807) is 11.8 Å². The van der Waals surface area contributed by atoms with Crippen LogP contribution in [0.5, 0.6) is 0 Å². The number of rotatable bonds is 1. The number of hydrogen-bond donors (Lipinski definition) is 1. The minimum absolute atomic E-state index is 0.0521. The number of sulfone groups is 1. The Balaban J connectivity index is 1.65. The number of nitrogens with one attached hydrogen (secondary N) is 1. The first kappa shape index (κ1) is 13.7. The van der Waals surface area contributed by atoms with E-state index in [0.29, 0.717) is 5.75 Å². The van der Waals surface area contributed by atoms with E-state index in [0.717, 1.165) is 49.8 Å². The molecule has 0 aromatic rings. The van der Waals surface area contributed by atoms with Crippen molar-refractivity contribution >= 4 is 26.8 Å². The molecule has 108 valence electrons. The lowest BCUT2D eigenvalue weighted by Gasteiger charge is -2.32. The third-order valence-corrected chi connectivity index (χ3v) is 7.03. The standard InChI is InChI=1S/C12H20N2O3S2/c15-19(16)7-1-2-10(8-19)13-11-14-12(9-18-11)3-5-17-6-4-12/h10H,1-9H2,(H,13,14). The fourth-order valence-corrected chi connectivity index (χ4v) is 5.76. The molecule has 3 heterocycles. The van der Waals surface area contributed by atoms with Crippen LogP contribution in [0.15, 0.2) is 4.99 Å². The number of thioether (sulfide) groups is 1. The minimum atomic E-state index is -2.87. The summed E-state index contributed by atoms with van der Waals surface area (Å²) in [4.78, 5) is 4.63. The first-order valence-corrected chi connectivity index (χ1v) is 9.65. The molecule has 1 N–H and O–H groups in total. The Hall–Kier alpha value is -0.270. The second-order valence-corrected chi connectivity index (χ2v) is 8.84. The van der Waals surface area contributed by atoms with Crippen LogP contribution in [0.1, 0.15) is 25.7 Å². The lowest BCUT2D eigenvalue weighted by atomic mass is 9.93. The van der Waals surface area contributed by atoms with Gasteiger partial charge in [0.05, 0.1) is 23.1 Å². The molecule has 3 aliphatic rings. The Labute approximate surface area is 118 Å². The molecular weight excluding hydrogens is 284 g/mol. The van der Waals surface area contributed by atoms with E-state index < -0.39 is 9.84 Å². The van der Waals surface area contributed by atoms with Gasteiger partial charge in [-0.2, -0.15) is 0 Å². The van der Waals surface area contributed by atoms with E-state index in [1.165, 1.54) is 0 Å². The summed E-state index contributed by atoms with van der Waals surface area (Å²) in [7, 11) is -2.87. The largest absolute Gasteiger partial charge is 0.381 e. The number of nitrogens with zero attached hydrogens (tertiary/aromatic N) is 1. The maximum atomic E-state index is 11.6. The Morgan fingerprint density at radius 2 is 2.16 bits per heavy atom. The van der Waals surface area contributed by atoms with Gasteiger partial charge in [-0.25, -0.2) is 8.42 Å². The Morgan fingerprint density at radius 3 is 2.89 bits per heavy atom. The molecule has 5 nitrogen and oxygen atoms in total. The second-order valence-electron chi connectivity index (χ2n) is 5.65. The lowest BCUT2D eigenvalue weighted by Crippen LogP contribution is -2.48. The van der Waals surface area contributed by atoms with E-state index in [1.807, 2.05) is 0 Å². The van der Waals surface area contributed by atoms with Crippen molar-refractivity contribution in [1.29, 1.82) is 0 Å². The Kier molecular flexibility index (Phi) is 3.79. The Morgan fingerprint density at radius 1 is 1.37 bits per heavy atom. The van der Waals surface area contributed by atoms with Crippen LogP contribution in [0.4, 0.5) is 0 Å². The molecule has 7 heteroatoms. The molecule has 0 aliphatic carbocycles. The third kappa shape index (κ3) is 3.25. The average molecular weight is 304 g/mol. The fourth-order valence-electron chi connectivity index (χ4n) is 2.87. The van der Waals surface area contributed by atoms with Crippen molar-refractivity contribution < 1.29 is 13.2 Å². The molecule has 0 bridgehead atoms. The van der Waals surface area contributed by atoms with Crippen LogP contribution in [0.25, 0.3) is 0 Å².